The van der Waals surface area contributed by atoms with E-state index in [1.807, 2.05) is 48.5 Å². The summed E-state index contributed by atoms with van der Waals surface area (Å²) < 4.78 is 12.6. The van der Waals surface area contributed by atoms with E-state index in [1.54, 1.807) is 0 Å². The number of carbonyl (C=O) groups is 1. The van der Waals surface area contributed by atoms with E-state index >= 15 is 0 Å². The lowest BCUT2D eigenvalue weighted by atomic mass is 9.77. The van der Waals surface area contributed by atoms with Gasteiger partial charge in [0, 0.05) is 41.6 Å². The summed E-state index contributed by atoms with van der Waals surface area (Å²) in [5, 5.41) is 2.80. The first-order valence-corrected chi connectivity index (χ1v) is 8.80. The average Bonchev–Trinajstić information content (AvgIpc) is 3.01. The first kappa shape index (κ1) is 15.9. The Bertz CT molecular complexity index is 1090. The smallest absolute Gasteiger partial charge is 0.221 e. The van der Waals surface area contributed by atoms with Crippen LogP contribution in [0, 0.1) is 0 Å². The number of amides is 1. The zero-order valence-electron chi connectivity index (χ0n) is 14.8. The van der Waals surface area contributed by atoms with Gasteiger partial charge in [0.1, 0.15) is 11.5 Å². The van der Waals surface area contributed by atoms with Crippen LogP contribution in [0.3, 0.4) is 0 Å². The summed E-state index contributed by atoms with van der Waals surface area (Å²) in [5.74, 6) is 1.18. The molecule has 0 bridgehead atoms. The summed E-state index contributed by atoms with van der Waals surface area (Å²) >= 11 is 0. The van der Waals surface area contributed by atoms with Crippen LogP contribution in [-0.2, 0) is 21.7 Å². The molecule has 3 N–H and O–H groups in total. The second kappa shape index (κ2) is 5.59. The third-order valence-electron chi connectivity index (χ3n) is 5.13. The highest BCUT2D eigenvalue weighted by atomic mass is 16.5. The van der Waals surface area contributed by atoms with Gasteiger partial charge in [-0.15, -0.1) is 0 Å². The van der Waals surface area contributed by atoms with Crippen LogP contribution in [0.5, 0.6) is 11.5 Å². The third kappa shape index (κ3) is 2.25. The van der Waals surface area contributed by atoms with Crippen molar-refractivity contribution in [1.29, 1.82) is 0 Å². The summed E-state index contributed by atoms with van der Waals surface area (Å²) in [6.45, 7) is 2.00. The molecule has 1 spiro atoms. The molecular formula is C22H18N2O3. The fourth-order valence-corrected chi connectivity index (χ4v) is 4.06. The molecule has 0 aromatic heterocycles. The van der Waals surface area contributed by atoms with Gasteiger partial charge in [-0.3, -0.25) is 4.79 Å². The molecule has 0 saturated heterocycles. The molecule has 27 heavy (non-hydrogen) atoms. The van der Waals surface area contributed by atoms with E-state index in [0.717, 1.165) is 22.3 Å². The van der Waals surface area contributed by atoms with Crippen LogP contribution in [0.4, 0.5) is 11.4 Å². The first-order chi connectivity index (χ1) is 13.1. The second-order valence-electron chi connectivity index (χ2n) is 6.88. The molecule has 5 heteroatoms. The summed E-state index contributed by atoms with van der Waals surface area (Å²) in [6, 6.07) is 19.5. The van der Waals surface area contributed by atoms with Crippen LogP contribution >= 0.6 is 0 Å². The minimum absolute atomic E-state index is 0.132. The molecule has 1 unspecified atom stereocenters. The molecule has 1 amide bonds. The Labute approximate surface area is 156 Å². The maximum atomic E-state index is 11.4. The van der Waals surface area contributed by atoms with Gasteiger partial charge in [-0.1, -0.05) is 24.3 Å². The fourth-order valence-electron chi connectivity index (χ4n) is 4.06. The van der Waals surface area contributed by atoms with Crippen molar-refractivity contribution >= 4 is 17.3 Å². The molecule has 2 aliphatic heterocycles. The van der Waals surface area contributed by atoms with Gasteiger partial charge in [0.2, 0.25) is 5.91 Å². The SMILES string of the molecule is CC(=O)Nc1ccc2c(c1)Oc1cc(N)ccc1C21OCc2ccccc21. The van der Waals surface area contributed by atoms with Crippen molar-refractivity contribution in [1.82, 2.24) is 0 Å². The zero-order chi connectivity index (χ0) is 18.6. The van der Waals surface area contributed by atoms with Crippen molar-refractivity contribution in [2.24, 2.45) is 0 Å². The van der Waals surface area contributed by atoms with Crippen molar-refractivity contribution in [3.63, 3.8) is 0 Å². The molecule has 0 radical (unpaired) electrons. The summed E-state index contributed by atoms with van der Waals surface area (Å²) in [6.07, 6.45) is 0. The predicted molar refractivity (Wildman–Crippen MR) is 103 cm³/mol. The molecule has 0 fully saturated rings. The lowest BCUT2D eigenvalue weighted by Gasteiger charge is -2.37. The van der Waals surface area contributed by atoms with Crippen LogP contribution in [0.1, 0.15) is 29.2 Å². The molecule has 5 nitrogen and oxygen atoms in total. The van der Waals surface area contributed by atoms with Crippen LogP contribution < -0.4 is 15.8 Å². The number of nitrogen functional groups attached to an aromatic ring is 1. The van der Waals surface area contributed by atoms with Gasteiger partial charge >= 0.3 is 0 Å². The summed E-state index contributed by atoms with van der Waals surface area (Å²) in [5.41, 5.74) is 10.7. The van der Waals surface area contributed by atoms with Crippen molar-refractivity contribution in [3.8, 4) is 11.5 Å². The number of hydrogen-bond acceptors (Lipinski definition) is 4. The van der Waals surface area contributed by atoms with Crippen molar-refractivity contribution in [2.75, 3.05) is 11.1 Å². The van der Waals surface area contributed by atoms with Crippen molar-refractivity contribution in [3.05, 3.63) is 82.9 Å². The van der Waals surface area contributed by atoms with Crippen molar-refractivity contribution in [2.45, 2.75) is 19.1 Å². The molecule has 2 aliphatic rings. The number of ether oxygens (including phenoxy) is 2. The molecular weight excluding hydrogens is 340 g/mol. The quantitative estimate of drug-likeness (QED) is 0.641. The third-order valence-corrected chi connectivity index (χ3v) is 5.13. The van der Waals surface area contributed by atoms with E-state index in [0.29, 0.717) is 29.5 Å². The highest BCUT2D eigenvalue weighted by Gasteiger charge is 2.49. The Morgan fingerprint density at radius 1 is 1.00 bits per heavy atom. The van der Waals surface area contributed by atoms with Gasteiger partial charge in [-0.2, -0.15) is 0 Å². The summed E-state index contributed by atoms with van der Waals surface area (Å²) in [4.78, 5) is 11.4. The highest BCUT2D eigenvalue weighted by molar-refractivity contribution is 5.89. The number of anilines is 2. The Kier molecular flexibility index (Phi) is 3.29. The van der Waals surface area contributed by atoms with Gasteiger partial charge in [0.05, 0.1) is 6.61 Å². The maximum absolute atomic E-state index is 11.4. The molecule has 5 rings (SSSR count). The van der Waals surface area contributed by atoms with Gasteiger partial charge in [-0.05, 0) is 35.4 Å². The standard InChI is InChI=1S/C22H18N2O3/c1-13(25)24-16-7-9-19-21(11-16)27-20-10-15(23)6-8-18(20)22(19)17-5-3-2-4-14(17)12-26-22/h2-11H,12,23H2,1H3,(H,24,25). The fraction of sp³-hybridized carbons (Fsp3) is 0.136. The highest BCUT2D eigenvalue weighted by Crippen LogP contribution is 2.56. The monoisotopic (exact) mass is 358 g/mol. The minimum Gasteiger partial charge on any atom is -0.456 e. The number of hydrogen-bond donors (Lipinski definition) is 2. The van der Waals surface area contributed by atoms with Gasteiger partial charge in [-0.25, -0.2) is 0 Å². The number of carbonyl (C=O) groups excluding carboxylic acids is 1. The first-order valence-electron chi connectivity index (χ1n) is 8.80. The lowest BCUT2D eigenvalue weighted by molar-refractivity contribution is -0.114. The minimum atomic E-state index is -0.748. The number of rotatable bonds is 1. The van der Waals surface area contributed by atoms with Gasteiger partial charge < -0.3 is 20.5 Å². The molecule has 0 saturated carbocycles. The van der Waals surface area contributed by atoms with Crippen molar-refractivity contribution < 1.29 is 14.3 Å². The molecule has 134 valence electrons. The van der Waals surface area contributed by atoms with E-state index < -0.39 is 5.60 Å². The molecule has 1 atom stereocenters. The largest absolute Gasteiger partial charge is 0.456 e. The maximum Gasteiger partial charge on any atom is 0.221 e. The van der Waals surface area contributed by atoms with E-state index in [1.165, 1.54) is 6.92 Å². The topological polar surface area (TPSA) is 73.6 Å². The van der Waals surface area contributed by atoms with Gasteiger partial charge in [0.15, 0.2) is 5.60 Å². The summed E-state index contributed by atoms with van der Waals surface area (Å²) in [7, 11) is 0. The number of fused-ring (bicyclic) bond motifs is 6. The Hall–Kier alpha value is -3.31. The molecule has 3 aromatic rings. The van der Waals surface area contributed by atoms with Gasteiger partial charge in [0.25, 0.3) is 0 Å². The van der Waals surface area contributed by atoms with Crippen LogP contribution in [0.25, 0.3) is 0 Å². The van der Waals surface area contributed by atoms with E-state index in [9.17, 15) is 4.79 Å². The number of benzene rings is 3. The molecule has 0 aliphatic carbocycles. The van der Waals surface area contributed by atoms with E-state index in [-0.39, 0.29) is 5.91 Å². The normalized spacial score (nSPS) is 19.0. The van der Waals surface area contributed by atoms with E-state index in [4.69, 9.17) is 15.2 Å². The van der Waals surface area contributed by atoms with Crippen LogP contribution in [0.2, 0.25) is 0 Å². The molecule has 3 aromatic carbocycles. The predicted octanol–water partition coefficient (Wildman–Crippen LogP) is 4.16. The number of nitrogens with one attached hydrogen (secondary N) is 1. The number of nitrogens with two attached hydrogens (primary N) is 1. The van der Waals surface area contributed by atoms with E-state index in [2.05, 4.69) is 17.4 Å². The Balaban J connectivity index is 1.78. The molecule has 2 heterocycles. The Morgan fingerprint density at radius 2 is 1.74 bits per heavy atom. The Morgan fingerprint density at radius 3 is 2.56 bits per heavy atom. The second-order valence-corrected chi connectivity index (χ2v) is 6.88. The van der Waals surface area contributed by atoms with Crippen LogP contribution in [-0.4, -0.2) is 5.91 Å². The zero-order valence-corrected chi connectivity index (χ0v) is 14.8. The lowest BCUT2D eigenvalue weighted by Crippen LogP contribution is -2.32. The van der Waals surface area contributed by atoms with Crippen LogP contribution in [0.15, 0.2) is 60.7 Å². The average molecular weight is 358 g/mol.